The fourth-order valence-corrected chi connectivity index (χ4v) is 6.51. The summed E-state index contributed by atoms with van der Waals surface area (Å²) in [5.41, 5.74) is 1.57. The second kappa shape index (κ2) is 9.17. The zero-order valence-electron chi connectivity index (χ0n) is 22.5. The predicted molar refractivity (Wildman–Crippen MR) is 135 cm³/mol. The van der Waals surface area contributed by atoms with Gasteiger partial charge in [-0.25, -0.2) is 0 Å². The molecule has 0 aromatic rings. The third-order valence-corrected chi connectivity index (χ3v) is 8.30. The van der Waals surface area contributed by atoms with Gasteiger partial charge in [-0.1, -0.05) is 0 Å². The molecule has 0 aromatic heterocycles. The van der Waals surface area contributed by atoms with Crippen molar-refractivity contribution in [1.82, 2.24) is 15.1 Å². The molecule has 1 N–H and O–H groups in total. The number of hydrogen-bond donors (Lipinski definition) is 1. The molecule has 2 aliphatic carbocycles. The van der Waals surface area contributed by atoms with E-state index in [2.05, 4.69) is 11.4 Å². The van der Waals surface area contributed by atoms with Crippen LogP contribution in [0.2, 0.25) is 0 Å². The highest BCUT2D eigenvalue weighted by Crippen LogP contribution is 2.48. The van der Waals surface area contributed by atoms with Gasteiger partial charge in [-0.15, -0.1) is 0 Å². The number of ether oxygens (including phenoxy) is 2. The van der Waals surface area contributed by atoms with Gasteiger partial charge in [0.1, 0.15) is 6.04 Å². The first-order chi connectivity index (χ1) is 18.5. The third-order valence-electron chi connectivity index (χ3n) is 8.30. The Bertz CT molecular complexity index is 1480. The standard InChI is InChI=1S/C28H28N4O7/c1-11-23(34)14-8-17-22-21-15(24(35)12(2)28(39-6)26(21)37)7-16(31(22)4)18(9-29)32(17)19(10-30-13(3)33)20(14)25(36)27(11)38-5/h8,16,18-19,22H,7,10H2,1-6H3,(H,30,33)/t16-,18+,19+,22+/m1/s1. The van der Waals surface area contributed by atoms with E-state index in [4.69, 9.17) is 9.47 Å². The highest BCUT2D eigenvalue weighted by Gasteiger charge is 2.57. The number of methoxy groups -OCH3 is 2. The smallest absolute Gasteiger partial charge is 0.226 e. The van der Waals surface area contributed by atoms with Crippen LogP contribution in [0.1, 0.15) is 27.2 Å². The van der Waals surface area contributed by atoms with Crippen molar-refractivity contribution in [3.8, 4) is 6.07 Å². The Kier molecular flexibility index (Phi) is 6.18. The number of fused-ring (bicyclic) bond motifs is 5. The number of amides is 1. The lowest BCUT2D eigenvalue weighted by molar-refractivity contribution is -0.121. The Morgan fingerprint density at radius 3 is 2.18 bits per heavy atom. The lowest BCUT2D eigenvalue weighted by Gasteiger charge is -2.57. The van der Waals surface area contributed by atoms with E-state index in [0.717, 1.165) is 0 Å². The van der Waals surface area contributed by atoms with Crippen LogP contribution >= 0.6 is 0 Å². The van der Waals surface area contributed by atoms with Crippen molar-refractivity contribution in [1.29, 1.82) is 5.26 Å². The first-order valence-electron chi connectivity index (χ1n) is 12.5. The maximum Gasteiger partial charge on any atom is 0.226 e. The third kappa shape index (κ3) is 3.48. The van der Waals surface area contributed by atoms with Gasteiger partial charge in [0.15, 0.2) is 23.1 Å². The Morgan fingerprint density at radius 1 is 1.03 bits per heavy atom. The molecule has 0 saturated carbocycles. The molecule has 3 heterocycles. The van der Waals surface area contributed by atoms with Gasteiger partial charge >= 0.3 is 0 Å². The van der Waals surface area contributed by atoms with Crippen molar-refractivity contribution in [2.24, 2.45) is 0 Å². The molecule has 0 unspecified atom stereocenters. The van der Waals surface area contributed by atoms with Crippen LogP contribution in [0.4, 0.5) is 0 Å². The van der Waals surface area contributed by atoms with E-state index in [1.54, 1.807) is 24.9 Å². The SMILES string of the molecule is COC1=C(C)C(=O)C2=C(C1=O)[C@@H]1C3=CC4=C(C(=O)C(OC)=C(C)C4=O)[C@H](CNC(C)=O)N3[C@@H](C#N)[C@@H](C2)N1C. The summed E-state index contributed by atoms with van der Waals surface area (Å²) in [5, 5.41) is 13.2. The summed E-state index contributed by atoms with van der Waals surface area (Å²) in [4.78, 5) is 69.8. The van der Waals surface area contributed by atoms with Crippen LogP contribution in [0.5, 0.6) is 0 Å². The van der Waals surface area contributed by atoms with Crippen LogP contribution in [0.25, 0.3) is 0 Å². The van der Waals surface area contributed by atoms with Crippen molar-refractivity contribution in [3.63, 3.8) is 0 Å². The molecule has 3 aliphatic heterocycles. The molecule has 5 aliphatic rings. The van der Waals surface area contributed by atoms with Gasteiger partial charge < -0.3 is 19.7 Å². The molecule has 1 fully saturated rings. The number of nitrogens with zero attached hydrogens (tertiary/aromatic N) is 3. The summed E-state index contributed by atoms with van der Waals surface area (Å²) in [5.74, 6) is -2.16. The minimum absolute atomic E-state index is 0.0434. The average Bonchev–Trinajstić information content (AvgIpc) is 2.89. The highest BCUT2D eigenvalue weighted by atomic mass is 16.5. The predicted octanol–water partition coefficient (Wildman–Crippen LogP) is 0.407. The van der Waals surface area contributed by atoms with Gasteiger partial charge in [-0.3, -0.25) is 28.9 Å². The number of ketones is 4. The first kappa shape index (κ1) is 26.3. The van der Waals surface area contributed by atoms with Gasteiger partial charge in [-0.2, -0.15) is 5.26 Å². The Morgan fingerprint density at radius 2 is 1.62 bits per heavy atom. The Hall–Kier alpha value is -4.30. The van der Waals surface area contributed by atoms with Gasteiger partial charge in [0, 0.05) is 58.6 Å². The Labute approximate surface area is 225 Å². The van der Waals surface area contributed by atoms with Crippen molar-refractivity contribution in [2.75, 3.05) is 27.8 Å². The minimum atomic E-state index is -0.891. The molecular formula is C28H28N4O7. The molecule has 39 heavy (non-hydrogen) atoms. The van der Waals surface area contributed by atoms with Gasteiger partial charge in [0.2, 0.25) is 17.5 Å². The molecule has 2 bridgehead atoms. The summed E-state index contributed by atoms with van der Waals surface area (Å²) < 4.78 is 10.6. The summed E-state index contributed by atoms with van der Waals surface area (Å²) >= 11 is 0. The van der Waals surface area contributed by atoms with Gasteiger partial charge in [0.05, 0.1) is 32.4 Å². The summed E-state index contributed by atoms with van der Waals surface area (Å²) in [7, 11) is 4.41. The number of hydrogen-bond acceptors (Lipinski definition) is 10. The summed E-state index contributed by atoms with van der Waals surface area (Å²) in [6, 6.07) is -0.730. The van der Waals surface area contributed by atoms with E-state index in [1.165, 1.54) is 28.1 Å². The van der Waals surface area contributed by atoms with E-state index in [-0.39, 0.29) is 64.0 Å². The minimum Gasteiger partial charge on any atom is -0.492 e. The summed E-state index contributed by atoms with van der Waals surface area (Å²) in [6.07, 6.45) is 1.68. The van der Waals surface area contributed by atoms with Gasteiger partial charge in [0.25, 0.3) is 0 Å². The number of likely N-dealkylation sites (N-methyl/N-ethyl adjacent to an activating group) is 1. The number of Topliss-reactive ketones (excluding diaryl/α,β-unsaturated/α-hetero) is 4. The van der Waals surface area contributed by atoms with Crippen molar-refractivity contribution >= 4 is 29.0 Å². The number of allylic oxidation sites excluding steroid dienone is 6. The normalized spacial score (nSPS) is 28.6. The molecule has 0 spiro atoms. The van der Waals surface area contributed by atoms with Gasteiger partial charge in [-0.05, 0) is 33.4 Å². The zero-order valence-corrected chi connectivity index (χ0v) is 22.5. The van der Waals surface area contributed by atoms with E-state index in [0.29, 0.717) is 11.3 Å². The molecular weight excluding hydrogens is 504 g/mol. The van der Waals surface area contributed by atoms with E-state index in [9.17, 15) is 29.2 Å². The second-order valence-corrected chi connectivity index (χ2v) is 10.2. The molecule has 202 valence electrons. The maximum atomic E-state index is 13.7. The van der Waals surface area contributed by atoms with Crippen molar-refractivity contribution in [3.05, 3.63) is 56.7 Å². The van der Waals surface area contributed by atoms with Crippen LogP contribution in [0, 0.1) is 11.3 Å². The molecule has 11 heteroatoms. The van der Waals surface area contributed by atoms with E-state index in [1.807, 2.05) is 4.90 Å². The lowest BCUT2D eigenvalue weighted by atomic mass is 9.70. The summed E-state index contributed by atoms with van der Waals surface area (Å²) in [6.45, 7) is 4.31. The van der Waals surface area contributed by atoms with Crippen molar-refractivity contribution < 1.29 is 33.4 Å². The molecule has 0 radical (unpaired) electrons. The zero-order chi connectivity index (χ0) is 28.5. The van der Waals surface area contributed by atoms with E-state index >= 15 is 0 Å². The number of carbonyl (C=O) groups is 5. The molecule has 5 rings (SSSR count). The fraction of sp³-hybridized carbons (Fsp3) is 0.429. The van der Waals surface area contributed by atoms with Crippen LogP contribution in [-0.4, -0.2) is 90.8 Å². The number of nitriles is 1. The van der Waals surface area contributed by atoms with Crippen LogP contribution in [0.3, 0.4) is 0 Å². The average molecular weight is 533 g/mol. The van der Waals surface area contributed by atoms with Crippen LogP contribution < -0.4 is 5.32 Å². The highest BCUT2D eigenvalue weighted by molar-refractivity contribution is 6.27. The first-order valence-corrected chi connectivity index (χ1v) is 12.5. The molecule has 1 saturated heterocycles. The van der Waals surface area contributed by atoms with E-state index < -0.39 is 41.5 Å². The number of piperazine rings is 1. The molecule has 11 nitrogen and oxygen atoms in total. The Balaban J connectivity index is 1.78. The van der Waals surface area contributed by atoms with Crippen LogP contribution in [-0.2, 0) is 33.4 Å². The monoisotopic (exact) mass is 532 g/mol. The topological polar surface area (TPSA) is 146 Å². The molecule has 0 aromatic carbocycles. The number of nitrogens with one attached hydrogen (secondary N) is 1. The maximum absolute atomic E-state index is 13.7. The number of carbonyl (C=O) groups excluding carboxylic acids is 5. The lowest BCUT2D eigenvalue weighted by Crippen LogP contribution is -2.68. The largest absolute Gasteiger partial charge is 0.492 e. The van der Waals surface area contributed by atoms with Crippen LogP contribution in [0.15, 0.2) is 56.7 Å². The fourth-order valence-electron chi connectivity index (χ4n) is 6.51. The quantitative estimate of drug-likeness (QED) is 0.505. The molecule has 1 amide bonds. The molecule has 4 atom stereocenters. The second-order valence-electron chi connectivity index (χ2n) is 10.2. The van der Waals surface area contributed by atoms with Crippen molar-refractivity contribution in [2.45, 2.75) is 51.4 Å². The number of rotatable bonds is 4.